The third kappa shape index (κ3) is 3.14. The first-order valence-corrected chi connectivity index (χ1v) is 10.4. The lowest BCUT2D eigenvalue weighted by atomic mass is 9.85. The lowest BCUT2D eigenvalue weighted by Gasteiger charge is -2.27. The van der Waals surface area contributed by atoms with Crippen molar-refractivity contribution in [2.75, 3.05) is 7.11 Å². The molecule has 0 spiro atoms. The Morgan fingerprint density at radius 2 is 1.68 bits per heavy atom. The molecule has 1 aliphatic rings. The van der Waals surface area contributed by atoms with Gasteiger partial charge in [-0.1, -0.05) is 64.5 Å². The van der Waals surface area contributed by atoms with Crippen LogP contribution in [0.4, 0.5) is 0 Å². The summed E-state index contributed by atoms with van der Waals surface area (Å²) < 4.78 is 12.6. The summed E-state index contributed by atoms with van der Waals surface area (Å²) >= 11 is 3.53. The van der Waals surface area contributed by atoms with E-state index in [9.17, 15) is 0 Å². The lowest BCUT2D eigenvalue weighted by Crippen LogP contribution is -2.25. The van der Waals surface area contributed by atoms with Crippen molar-refractivity contribution in [3.63, 3.8) is 0 Å². The molecule has 0 amide bonds. The fourth-order valence-corrected chi connectivity index (χ4v) is 4.80. The van der Waals surface area contributed by atoms with Gasteiger partial charge >= 0.3 is 0 Å². The number of aryl methyl sites for hydroxylation is 1. The second-order valence-corrected chi connectivity index (χ2v) is 8.31. The fraction of sp³-hybridized carbons (Fsp3) is 0.200. The van der Waals surface area contributed by atoms with Gasteiger partial charge in [0.15, 0.2) is 0 Å². The number of ether oxygens (including phenoxy) is 2. The molecule has 0 saturated heterocycles. The highest BCUT2D eigenvalue weighted by Crippen LogP contribution is 2.35. The van der Waals surface area contributed by atoms with E-state index in [1.807, 2.05) is 18.2 Å². The van der Waals surface area contributed by atoms with Gasteiger partial charge in [-0.15, -0.1) is 0 Å². The first-order valence-electron chi connectivity index (χ1n) is 9.65. The Hall–Kier alpha value is -2.52. The topological polar surface area (TPSA) is 18.5 Å². The largest absolute Gasteiger partial charge is 0.497 e. The number of hydrogen-bond donors (Lipinski definition) is 0. The van der Waals surface area contributed by atoms with Crippen LogP contribution < -0.4 is 9.47 Å². The minimum absolute atomic E-state index is 0.185. The zero-order valence-electron chi connectivity index (χ0n) is 15.7. The molecule has 4 aromatic carbocycles. The van der Waals surface area contributed by atoms with Crippen LogP contribution in [0.3, 0.4) is 0 Å². The number of halogens is 1. The van der Waals surface area contributed by atoms with Crippen LogP contribution in [0.15, 0.2) is 71.2 Å². The zero-order valence-corrected chi connectivity index (χ0v) is 17.3. The summed E-state index contributed by atoms with van der Waals surface area (Å²) in [5, 5.41) is 5.38. The van der Waals surface area contributed by atoms with E-state index < -0.39 is 0 Å². The molecule has 2 nitrogen and oxygen atoms in total. The van der Waals surface area contributed by atoms with Crippen molar-refractivity contribution < 1.29 is 9.47 Å². The molecule has 1 unspecified atom stereocenters. The van der Waals surface area contributed by atoms with E-state index in [0.717, 1.165) is 35.2 Å². The molecule has 1 aliphatic carbocycles. The van der Waals surface area contributed by atoms with Gasteiger partial charge in [0.05, 0.1) is 7.11 Å². The summed E-state index contributed by atoms with van der Waals surface area (Å²) in [4.78, 5) is 0. The van der Waals surface area contributed by atoms with Crippen molar-refractivity contribution in [1.29, 1.82) is 0 Å². The molecule has 0 aliphatic heterocycles. The number of rotatable bonds is 3. The maximum absolute atomic E-state index is 6.31. The molecule has 140 valence electrons. The van der Waals surface area contributed by atoms with Crippen molar-refractivity contribution in [2.24, 2.45) is 0 Å². The highest BCUT2D eigenvalue weighted by molar-refractivity contribution is 9.10. The van der Waals surface area contributed by atoms with Gasteiger partial charge in [-0.05, 0) is 57.6 Å². The normalized spacial score (nSPS) is 16.1. The quantitative estimate of drug-likeness (QED) is 0.335. The third-order valence-corrected chi connectivity index (χ3v) is 6.14. The molecule has 1 atom stereocenters. The van der Waals surface area contributed by atoms with Gasteiger partial charge in [0, 0.05) is 17.0 Å². The molecule has 0 radical (unpaired) electrons. The first-order chi connectivity index (χ1) is 13.7. The van der Waals surface area contributed by atoms with Crippen molar-refractivity contribution in [3.05, 3.63) is 82.3 Å². The maximum atomic E-state index is 6.31. The van der Waals surface area contributed by atoms with Crippen LogP contribution in [0.5, 0.6) is 11.5 Å². The van der Waals surface area contributed by atoms with Gasteiger partial charge in [0.2, 0.25) is 0 Å². The highest BCUT2D eigenvalue weighted by atomic mass is 79.9. The fourth-order valence-electron chi connectivity index (χ4n) is 4.35. The van der Waals surface area contributed by atoms with Crippen LogP contribution in [0.25, 0.3) is 21.5 Å². The van der Waals surface area contributed by atoms with Gasteiger partial charge in [0.25, 0.3) is 0 Å². The Labute approximate surface area is 173 Å². The predicted molar refractivity (Wildman–Crippen MR) is 119 cm³/mol. The monoisotopic (exact) mass is 432 g/mol. The molecule has 3 heteroatoms. The van der Waals surface area contributed by atoms with E-state index in [1.165, 1.54) is 32.7 Å². The molecular formula is C25H21BrO2. The van der Waals surface area contributed by atoms with E-state index in [4.69, 9.17) is 9.47 Å². The maximum Gasteiger partial charge on any atom is 0.124 e. The summed E-state index contributed by atoms with van der Waals surface area (Å²) in [7, 11) is 1.68. The van der Waals surface area contributed by atoms with Crippen LogP contribution in [-0.2, 0) is 12.8 Å². The highest BCUT2D eigenvalue weighted by Gasteiger charge is 2.22. The van der Waals surface area contributed by atoms with Crippen LogP contribution in [-0.4, -0.2) is 13.2 Å². The minimum Gasteiger partial charge on any atom is -0.497 e. The Balaban J connectivity index is 1.47. The molecule has 0 aromatic heterocycles. The van der Waals surface area contributed by atoms with Gasteiger partial charge < -0.3 is 9.47 Å². The molecule has 0 fully saturated rings. The Morgan fingerprint density at radius 3 is 2.57 bits per heavy atom. The first kappa shape index (κ1) is 17.6. The second-order valence-electron chi connectivity index (χ2n) is 7.39. The molecule has 0 saturated carbocycles. The minimum atomic E-state index is 0.185. The van der Waals surface area contributed by atoms with Crippen LogP contribution in [0.2, 0.25) is 0 Å². The average molecular weight is 433 g/mol. The molecule has 4 aromatic rings. The van der Waals surface area contributed by atoms with Crippen molar-refractivity contribution in [1.82, 2.24) is 0 Å². The van der Waals surface area contributed by atoms with Crippen molar-refractivity contribution in [2.45, 2.75) is 25.4 Å². The van der Waals surface area contributed by atoms with E-state index in [2.05, 4.69) is 64.5 Å². The Kier molecular flexibility index (Phi) is 4.48. The summed E-state index contributed by atoms with van der Waals surface area (Å²) in [5.41, 5.74) is 2.89. The van der Waals surface area contributed by atoms with E-state index in [1.54, 1.807) is 7.11 Å². The van der Waals surface area contributed by atoms with E-state index in [0.29, 0.717) is 0 Å². The summed E-state index contributed by atoms with van der Waals surface area (Å²) in [6.45, 7) is 0. The van der Waals surface area contributed by atoms with Crippen LogP contribution >= 0.6 is 15.9 Å². The molecular weight excluding hydrogens is 412 g/mol. The van der Waals surface area contributed by atoms with Crippen molar-refractivity contribution in [3.8, 4) is 11.5 Å². The number of hydrogen-bond acceptors (Lipinski definition) is 2. The summed E-state index contributed by atoms with van der Waals surface area (Å²) in [6, 6.07) is 23.6. The van der Waals surface area contributed by atoms with Gasteiger partial charge in [-0.2, -0.15) is 0 Å². The van der Waals surface area contributed by atoms with E-state index in [-0.39, 0.29) is 6.10 Å². The summed E-state index contributed by atoms with van der Waals surface area (Å²) in [5.74, 6) is 1.66. The molecule has 5 rings (SSSR count). The number of fused-ring (bicyclic) bond motifs is 5. The SMILES string of the molecule is COc1cc(Br)cc(OC2CCc3c(ccc4c3ccc3ccccc34)C2)c1. The van der Waals surface area contributed by atoms with E-state index >= 15 is 0 Å². The Morgan fingerprint density at radius 1 is 0.857 bits per heavy atom. The predicted octanol–water partition coefficient (Wildman–Crippen LogP) is 6.70. The average Bonchev–Trinajstić information content (AvgIpc) is 2.72. The number of methoxy groups -OCH3 is 1. The second kappa shape index (κ2) is 7.14. The van der Waals surface area contributed by atoms with Gasteiger partial charge in [-0.25, -0.2) is 0 Å². The van der Waals surface area contributed by atoms with Crippen LogP contribution in [0.1, 0.15) is 17.5 Å². The third-order valence-electron chi connectivity index (χ3n) is 5.68. The molecule has 0 bridgehead atoms. The van der Waals surface area contributed by atoms with Gasteiger partial charge in [0.1, 0.15) is 17.6 Å². The number of benzene rings is 4. The standard InChI is InChI=1S/C25H21BrO2/c1-27-20-13-18(26)14-21(15-20)28-19-8-11-23-17(12-19)7-10-24-22-5-3-2-4-16(22)6-9-25(23)24/h2-7,9-10,13-15,19H,8,11-12H2,1H3. The Bertz CT molecular complexity index is 1180. The zero-order chi connectivity index (χ0) is 19.1. The van der Waals surface area contributed by atoms with Crippen LogP contribution in [0, 0.1) is 0 Å². The summed E-state index contributed by atoms with van der Waals surface area (Å²) in [6.07, 6.45) is 3.19. The molecule has 28 heavy (non-hydrogen) atoms. The smallest absolute Gasteiger partial charge is 0.124 e. The lowest BCUT2D eigenvalue weighted by molar-refractivity contribution is 0.184. The molecule has 0 heterocycles. The van der Waals surface area contributed by atoms with Gasteiger partial charge in [-0.3, -0.25) is 0 Å². The molecule has 0 N–H and O–H groups in total. The van der Waals surface area contributed by atoms with Crippen molar-refractivity contribution >= 4 is 37.5 Å².